The maximum absolute atomic E-state index is 12.1. The third-order valence-corrected chi connectivity index (χ3v) is 3.24. The highest BCUT2D eigenvalue weighted by Crippen LogP contribution is 2.15. The molecule has 0 fully saturated rings. The molecule has 0 atom stereocenters. The van der Waals surface area contributed by atoms with E-state index in [1.807, 2.05) is 0 Å². The number of nitrogens with one attached hydrogen (secondary N) is 2. The van der Waals surface area contributed by atoms with Gasteiger partial charge in [0.25, 0.3) is 0 Å². The second kappa shape index (κ2) is 7.33. The highest BCUT2D eigenvalue weighted by atomic mass is 16.6. The second-order valence-corrected chi connectivity index (χ2v) is 6.53. The van der Waals surface area contributed by atoms with Gasteiger partial charge in [-0.25, -0.2) is 9.59 Å². The molecule has 2 aromatic rings. The molecule has 7 heteroatoms. The number of aromatic amines is 1. The number of rotatable bonds is 6. The van der Waals surface area contributed by atoms with Gasteiger partial charge < -0.3 is 14.5 Å². The molecule has 1 aromatic carbocycles. The first-order chi connectivity index (χ1) is 11.2. The number of hydrogen-bond donors (Lipinski definition) is 2. The molecule has 1 heterocycles. The number of amides is 1. The summed E-state index contributed by atoms with van der Waals surface area (Å²) in [7, 11) is 0. The molecular weight excluding hydrogens is 312 g/mol. The van der Waals surface area contributed by atoms with Crippen molar-refractivity contribution in [3.63, 3.8) is 0 Å². The van der Waals surface area contributed by atoms with Crippen LogP contribution in [0.2, 0.25) is 0 Å². The molecule has 130 valence electrons. The van der Waals surface area contributed by atoms with Gasteiger partial charge in [0.15, 0.2) is 11.4 Å². The van der Waals surface area contributed by atoms with E-state index >= 15 is 0 Å². The van der Waals surface area contributed by atoms with Crippen LogP contribution in [0.4, 0.5) is 4.79 Å². The predicted molar refractivity (Wildman–Crippen MR) is 89.3 cm³/mol. The summed E-state index contributed by atoms with van der Waals surface area (Å²) in [6.45, 7) is 5.85. The molecule has 0 saturated carbocycles. The Morgan fingerprint density at radius 1 is 1.25 bits per heavy atom. The van der Waals surface area contributed by atoms with E-state index in [1.54, 1.807) is 39.0 Å². The monoisotopic (exact) mass is 334 g/mol. The summed E-state index contributed by atoms with van der Waals surface area (Å²) in [6.07, 6.45) is 1.22. The Labute approximate surface area is 139 Å². The minimum Gasteiger partial charge on any atom is -0.444 e. The van der Waals surface area contributed by atoms with E-state index < -0.39 is 17.5 Å². The van der Waals surface area contributed by atoms with Crippen LogP contribution >= 0.6 is 0 Å². The van der Waals surface area contributed by atoms with Crippen LogP contribution in [-0.4, -0.2) is 29.0 Å². The van der Waals surface area contributed by atoms with Crippen molar-refractivity contribution in [3.8, 4) is 0 Å². The smallest absolute Gasteiger partial charge is 0.417 e. The molecule has 0 aliphatic heterocycles. The van der Waals surface area contributed by atoms with E-state index in [4.69, 9.17) is 9.15 Å². The third kappa shape index (κ3) is 5.26. The topological polar surface area (TPSA) is 101 Å². The van der Waals surface area contributed by atoms with Crippen molar-refractivity contribution in [1.29, 1.82) is 0 Å². The Bertz CT molecular complexity index is 782. The number of carbonyl (C=O) groups excluding carboxylic acids is 2. The predicted octanol–water partition coefficient (Wildman–Crippen LogP) is 3.00. The van der Waals surface area contributed by atoms with Crippen molar-refractivity contribution in [2.24, 2.45) is 0 Å². The van der Waals surface area contributed by atoms with Crippen LogP contribution in [0.1, 0.15) is 50.4 Å². The van der Waals surface area contributed by atoms with Gasteiger partial charge >= 0.3 is 11.8 Å². The van der Waals surface area contributed by atoms with Crippen molar-refractivity contribution in [2.75, 3.05) is 6.54 Å². The molecule has 0 unspecified atom stereocenters. The zero-order chi connectivity index (χ0) is 17.7. The second-order valence-electron chi connectivity index (χ2n) is 6.53. The first kappa shape index (κ1) is 17.8. The highest BCUT2D eigenvalue weighted by Gasteiger charge is 2.15. The fourth-order valence-corrected chi connectivity index (χ4v) is 2.18. The van der Waals surface area contributed by atoms with Crippen molar-refractivity contribution in [1.82, 2.24) is 10.3 Å². The van der Waals surface area contributed by atoms with E-state index in [0.29, 0.717) is 42.5 Å². The summed E-state index contributed by atoms with van der Waals surface area (Å²) >= 11 is 0. The van der Waals surface area contributed by atoms with Crippen LogP contribution in [0, 0.1) is 0 Å². The molecule has 0 radical (unpaired) electrons. The van der Waals surface area contributed by atoms with Gasteiger partial charge in [-0.15, -0.1) is 0 Å². The van der Waals surface area contributed by atoms with Crippen molar-refractivity contribution in [2.45, 2.75) is 45.6 Å². The minimum atomic E-state index is -0.539. The molecular formula is C17H22N2O5. The Balaban J connectivity index is 1.74. The molecule has 0 aliphatic carbocycles. The van der Waals surface area contributed by atoms with Gasteiger partial charge in [-0.05, 0) is 51.8 Å². The Hall–Kier alpha value is -2.57. The largest absolute Gasteiger partial charge is 0.444 e. The molecule has 0 bridgehead atoms. The van der Waals surface area contributed by atoms with E-state index in [9.17, 15) is 14.4 Å². The normalized spacial score (nSPS) is 11.5. The van der Waals surface area contributed by atoms with E-state index in [-0.39, 0.29) is 5.78 Å². The Morgan fingerprint density at radius 2 is 2.00 bits per heavy atom. The molecule has 0 saturated heterocycles. The average molecular weight is 334 g/mol. The summed E-state index contributed by atoms with van der Waals surface area (Å²) in [5.74, 6) is -0.569. The van der Waals surface area contributed by atoms with Crippen LogP contribution in [0.25, 0.3) is 11.1 Å². The van der Waals surface area contributed by atoms with Crippen LogP contribution in [0.5, 0.6) is 0 Å². The number of oxazole rings is 1. The number of ether oxygens (including phenoxy) is 1. The maximum atomic E-state index is 12.1. The summed E-state index contributed by atoms with van der Waals surface area (Å²) in [5, 5.41) is 2.65. The molecule has 2 N–H and O–H groups in total. The van der Waals surface area contributed by atoms with Gasteiger partial charge in [-0.2, -0.15) is 0 Å². The Kier molecular flexibility index (Phi) is 5.43. The molecule has 0 aliphatic rings. The number of ketones is 1. The molecule has 24 heavy (non-hydrogen) atoms. The quantitative estimate of drug-likeness (QED) is 0.624. The standard InChI is InChI=1S/C17H22N2O5/c1-17(2,3)24-15(21)18-9-5-4-6-13(20)11-7-8-12-14(10-11)23-16(22)19-12/h7-8,10H,4-6,9H2,1-3H3,(H,18,21)(H,19,22). The fourth-order valence-electron chi connectivity index (χ4n) is 2.18. The lowest BCUT2D eigenvalue weighted by Gasteiger charge is -2.19. The van der Waals surface area contributed by atoms with Crippen LogP contribution < -0.4 is 11.1 Å². The van der Waals surface area contributed by atoms with Crippen LogP contribution in [0.3, 0.4) is 0 Å². The van der Waals surface area contributed by atoms with Gasteiger partial charge in [-0.1, -0.05) is 0 Å². The Morgan fingerprint density at radius 3 is 2.71 bits per heavy atom. The maximum Gasteiger partial charge on any atom is 0.417 e. The van der Waals surface area contributed by atoms with Crippen LogP contribution in [-0.2, 0) is 4.74 Å². The molecule has 2 rings (SSSR count). The lowest BCUT2D eigenvalue weighted by Crippen LogP contribution is -2.33. The fraction of sp³-hybridized carbons (Fsp3) is 0.471. The lowest BCUT2D eigenvalue weighted by atomic mass is 10.1. The van der Waals surface area contributed by atoms with Gasteiger partial charge in [0, 0.05) is 18.5 Å². The molecule has 7 nitrogen and oxygen atoms in total. The lowest BCUT2D eigenvalue weighted by molar-refractivity contribution is 0.0527. The van der Waals surface area contributed by atoms with Crippen molar-refractivity contribution >= 4 is 23.0 Å². The third-order valence-electron chi connectivity index (χ3n) is 3.24. The van der Waals surface area contributed by atoms with Gasteiger partial charge in [0.1, 0.15) is 5.60 Å². The number of unbranched alkanes of at least 4 members (excludes halogenated alkanes) is 1. The molecule has 0 spiro atoms. The first-order valence-corrected chi connectivity index (χ1v) is 7.87. The summed E-state index contributed by atoms with van der Waals surface area (Å²) < 4.78 is 10.1. The van der Waals surface area contributed by atoms with Gasteiger partial charge in [0.2, 0.25) is 0 Å². The number of aromatic nitrogens is 1. The number of hydrogen-bond acceptors (Lipinski definition) is 5. The van der Waals surface area contributed by atoms with Crippen LogP contribution in [0.15, 0.2) is 27.4 Å². The summed E-state index contributed by atoms with van der Waals surface area (Å²) in [6, 6.07) is 4.88. The summed E-state index contributed by atoms with van der Waals surface area (Å²) in [4.78, 5) is 37.2. The van der Waals surface area contributed by atoms with E-state index in [1.165, 1.54) is 0 Å². The van der Waals surface area contributed by atoms with E-state index in [2.05, 4.69) is 10.3 Å². The van der Waals surface area contributed by atoms with Gasteiger partial charge in [-0.3, -0.25) is 9.78 Å². The number of benzene rings is 1. The zero-order valence-corrected chi connectivity index (χ0v) is 14.1. The number of alkyl carbamates (subject to hydrolysis) is 1. The van der Waals surface area contributed by atoms with Crippen molar-refractivity contribution < 1.29 is 18.7 Å². The molecule has 1 aromatic heterocycles. The first-order valence-electron chi connectivity index (χ1n) is 7.87. The average Bonchev–Trinajstić information content (AvgIpc) is 2.83. The number of H-pyrrole nitrogens is 1. The highest BCUT2D eigenvalue weighted by molar-refractivity contribution is 5.98. The SMILES string of the molecule is CC(C)(C)OC(=O)NCCCCC(=O)c1ccc2[nH]c(=O)oc2c1. The van der Waals surface area contributed by atoms with E-state index in [0.717, 1.165) is 0 Å². The number of carbonyl (C=O) groups is 2. The minimum absolute atomic E-state index is 0.0296. The summed E-state index contributed by atoms with van der Waals surface area (Å²) in [5.41, 5.74) is 0.923. The number of Topliss-reactive ketones (excluding diaryl/α,β-unsaturated/α-hetero) is 1. The number of fused-ring (bicyclic) bond motifs is 1. The van der Waals surface area contributed by atoms with Crippen molar-refractivity contribution in [3.05, 3.63) is 34.3 Å². The molecule has 1 amide bonds. The van der Waals surface area contributed by atoms with Gasteiger partial charge in [0.05, 0.1) is 5.52 Å². The zero-order valence-electron chi connectivity index (χ0n) is 14.1.